The van der Waals surface area contributed by atoms with E-state index in [4.69, 9.17) is 11.6 Å². The zero-order valence-corrected chi connectivity index (χ0v) is 15.5. The molecule has 0 radical (unpaired) electrons. The molecule has 2 heterocycles. The number of aromatic nitrogens is 1. The average molecular weight is 380 g/mol. The summed E-state index contributed by atoms with van der Waals surface area (Å²) in [6, 6.07) is 5.64. The van der Waals surface area contributed by atoms with Crippen LogP contribution in [0.4, 0.5) is 0 Å². The molecular formula is C18H22ClN3O2S. The van der Waals surface area contributed by atoms with Crippen LogP contribution in [0.25, 0.3) is 0 Å². The van der Waals surface area contributed by atoms with Crippen LogP contribution in [0.15, 0.2) is 29.8 Å². The summed E-state index contributed by atoms with van der Waals surface area (Å²) in [6.07, 6.45) is 6.66. The van der Waals surface area contributed by atoms with Crippen molar-refractivity contribution in [3.05, 3.63) is 45.4 Å². The summed E-state index contributed by atoms with van der Waals surface area (Å²) < 4.78 is 0. The molecular weight excluding hydrogens is 358 g/mol. The number of aryl methyl sites for hydroxylation is 1. The minimum absolute atomic E-state index is 0.0249. The third kappa shape index (κ3) is 4.86. The number of nitrogens with one attached hydrogen (secondary N) is 3. The van der Waals surface area contributed by atoms with Crippen molar-refractivity contribution in [1.82, 2.24) is 15.6 Å². The molecule has 0 spiro atoms. The van der Waals surface area contributed by atoms with Gasteiger partial charge in [0, 0.05) is 24.0 Å². The van der Waals surface area contributed by atoms with Crippen LogP contribution in [0.5, 0.6) is 0 Å². The lowest BCUT2D eigenvalue weighted by molar-refractivity contribution is -0.121. The maximum absolute atomic E-state index is 12.4. The number of aromatic amines is 1. The van der Waals surface area contributed by atoms with Gasteiger partial charge in [0.2, 0.25) is 5.91 Å². The first kappa shape index (κ1) is 18.0. The Bertz CT molecular complexity index is 721. The normalized spacial score (nSPS) is 15.9. The summed E-state index contributed by atoms with van der Waals surface area (Å²) in [7, 11) is 0. The van der Waals surface area contributed by atoms with E-state index in [9.17, 15) is 9.59 Å². The molecule has 0 saturated heterocycles. The van der Waals surface area contributed by atoms with Crippen LogP contribution in [-0.2, 0) is 11.2 Å². The van der Waals surface area contributed by atoms with Crippen molar-refractivity contribution in [3.8, 4) is 0 Å². The van der Waals surface area contributed by atoms with Gasteiger partial charge < -0.3 is 15.6 Å². The SMILES string of the molecule is O=C(CCc1cccs1)NCC1(NC(=O)c2cc(Cl)c[nH]2)CCCC1. The number of carbonyl (C=O) groups is 2. The first-order valence-electron chi connectivity index (χ1n) is 8.52. The summed E-state index contributed by atoms with van der Waals surface area (Å²) in [6.45, 7) is 0.469. The van der Waals surface area contributed by atoms with Gasteiger partial charge in [-0.05, 0) is 36.8 Å². The molecule has 7 heteroatoms. The molecule has 0 aliphatic heterocycles. The Morgan fingerprint density at radius 1 is 1.32 bits per heavy atom. The van der Waals surface area contributed by atoms with Crippen molar-refractivity contribution in [3.63, 3.8) is 0 Å². The predicted molar refractivity (Wildman–Crippen MR) is 100 cm³/mol. The summed E-state index contributed by atoms with van der Waals surface area (Å²) >= 11 is 7.53. The molecule has 3 rings (SSSR count). The maximum atomic E-state index is 12.4. The summed E-state index contributed by atoms with van der Waals surface area (Å²) in [4.78, 5) is 28.7. The highest BCUT2D eigenvalue weighted by atomic mass is 35.5. The minimum atomic E-state index is -0.368. The molecule has 0 unspecified atom stereocenters. The number of thiophene rings is 1. The van der Waals surface area contributed by atoms with Crippen LogP contribution in [0.1, 0.15) is 47.5 Å². The Morgan fingerprint density at radius 2 is 2.12 bits per heavy atom. The molecule has 1 fully saturated rings. The van der Waals surface area contributed by atoms with E-state index < -0.39 is 0 Å². The zero-order valence-electron chi connectivity index (χ0n) is 13.9. The lowest BCUT2D eigenvalue weighted by Crippen LogP contribution is -2.54. The molecule has 25 heavy (non-hydrogen) atoms. The number of hydrogen-bond acceptors (Lipinski definition) is 3. The van der Waals surface area contributed by atoms with Gasteiger partial charge >= 0.3 is 0 Å². The van der Waals surface area contributed by atoms with Gasteiger partial charge in [0.15, 0.2) is 0 Å². The molecule has 0 atom stereocenters. The lowest BCUT2D eigenvalue weighted by atomic mass is 9.97. The van der Waals surface area contributed by atoms with Gasteiger partial charge in [0.1, 0.15) is 5.69 Å². The third-order valence-electron chi connectivity index (χ3n) is 4.63. The van der Waals surface area contributed by atoms with Crippen molar-refractivity contribution in [2.45, 2.75) is 44.1 Å². The van der Waals surface area contributed by atoms with E-state index >= 15 is 0 Å². The molecule has 0 aromatic carbocycles. The fourth-order valence-corrected chi connectivity index (χ4v) is 4.13. The fraction of sp³-hybridized carbons (Fsp3) is 0.444. The first-order valence-corrected chi connectivity index (χ1v) is 9.78. The predicted octanol–water partition coefficient (Wildman–Crippen LogP) is 3.52. The molecule has 1 saturated carbocycles. The van der Waals surface area contributed by atoms with E-state index in [0.29, 0.717) is 23.7 Å². The number of H-pyrrole nitrogens is 1. The largest absolute Gasteiger partial charge is 0.356 e. The number of halogens is 1. The van der Waals surface area contributed by atoms with Crippen LogP contribution < -0.4 is 10.6 Å². The van der Waals surface area contributed by atoms with Crippen LogP contribution in [0.3, 0.4) is 0 Å². The topological polar surface area (TPSA) is 74.0 Å². The van der Waals surface area contributed by atoms with Crippen molar-refractivity contribution >= 4 is 34.8 Å². The van der Waals surface area contributed by atoms with E-state index in [0.717, 1.165) is 32.1 Å². The molecule has 2 aromatic rings. The average Bonchev–Trinajstić information content (AvgIpc) is 3.33. The lowest BCUT2D eigenvalue weighted by Gasteiger charge is -2.30. The Morgan fingerprint density at radius 3 is 2.76 bits per heavy atom. The molecule has 5 nitrogen and oxygen atoms in total. The van der Waals surface area contributed by atoms with Crippen LogP contribution in [0.2, 0.25) is 5.02 Å². The van der Waals surface area contributed by atoms with E-state index in [1.807, 2.05) is 17.5 Å². The van der Waals surface area contributed by atoms with Crippen molar-refractivity contribution in [2.24, 2.45) is 0 Å². The monoisotopic (exact) mass is 379 g/mol. The highest BCUT2D eigenvalue weighted by Crippen LogP contribution is 2.29. The van der Waals surface area contributed by atoms with Crippen LogP contribution in [0, 0.1) is 0 Å². The molecule has 2 aromatic heterocycles. The molecule has 1 aliphatic carbocycles. The Labute approximate surface area is 156 Å². The van der Waals surface area contributed by atoms with E-state index in [1.54, 1.807) is 23.6 Å². The second-order valence-electron chi connectivity index (χ2n) is 6.53. The number of hydrogen-bond donors (Lipinski definition) is 3. The standard InChI is InChI=1S/C18H22ClN3O2S/c19-13-10-15(20-11-13)17(24)22-18(7-1-2-8-18)12-21-16(23)6-5-14-4-3-9-25-14/h3-4,9-11,20H,1-2,5-8,12H2,(H,21,23)(H,22,24). The Kier molecular flexibility index (Phi) is 5.81. The summed E-state index contributed by atoms with van der Waals surface area (Å²) in [5.74, 6) is -0.154. The van der Waals surface area contributed by atoms with Gasteiger partial charge in [-0.2, -0.15) is 0 Å². The van der Waals surface area contributed by atoms with Crippen LogP contribution in [-0.4, -0.2) is 28.9 Å². The Balaban J connectivity index is 1.53. The molecule has 0 bridgehead atoms. The highest BCUT2D eigenvalue weighted by molar-refractivity contribution is 7.09. The van der Waals surface area contributed by atoms with Crippen molar-refractivity contribution in [1.29, 1.82) is 0 Å². The van der Waals surface area contributed by atoms with Crippen molar-refractivity contribution < 1.29 is 9.59 Å². The highest BCUT2D eigenvalue weighted by Gasteiger charge is 2.36. The first-order chi connectivity index (χ1) is 12.1. The summed E-state index contributed by atoms with van der Waals surface area (Å²) in [5.41, 5.74) is 0.0769. The molecule has 2 amide bonds. The Hall–Kier alpha value is -1.79. The van der Waals surface area contributed by atoms with Crippen LogP contribution >= 0.6 is 22.9 Å². The number of carbonyl (C=O) groups excluding carboxylic acids is 2. The van der Waals surface area contributed by atoms with E-state index in [-0.39, 0.29) is 17.4 Å². The van der Waals surface area contributed by atoms with Gasteiger partial charge in [0.25, 0.3) is 5.91 Å². The van der Waals surface area contributed by atoms with E-state index in [1.165, 1.54) is 4.88 Å². The smallest absolute Gasteiger partial charge is 0.268 e. The second-order valence-corrected chi connectivity index (χ2v) is 8.00. The second kappa shape index (κ2) is 8.06. The molecule has 1 aliphatic rings. The van der Waals surface area contributed by atoms with Gasteiger partial charge in [-0.25, -0.2) is 0 Å². The minimum Gasteiger partial charge on any atom is -0.356 e. The maximum Gasteiger partial charge on any atom is 0.268 e. The molecule has 3 N–H and O–H groups in total. The molecule has 134 valence electrons. The van der Waals surface area contributed by atoms with Gasteiger partial charge in [-0.1, -0.05) is 30.5 Å². The van der Waals surface area contributed by atoms with Gasteiger partial charge in [0.05, 0.1) is 10.6 Å². The number of rotatable bonds is 7. The van der Waals surface area contributed by atoms with Gasteiger partial charge in [-0.3, -0.25) is 9.59 Å². The zero-order chi connectivity index (χ0) is 17.7. The number of amides is 2. The fourth-order valence-electron chi connectivity index (χ4n) is 3.25. The third-order valence-corrected chi connectivity index (χ3v) is 5.79. The van der Waals surface area contributed by atoms with Crippen molar-refractivity contribution in [2.75, 3.05) is 6.54 Å². The van der Waals surface area contributed by atoms with Gasteiger partial charge in [-0.15, -0.1) is 11.3 Å². The van der Waals surface area contributed by atoms with E-state index in [2.05, 4.69) is 15.6 Å². The summed E-state index contributed by atoms with van der Waals surface area (Å²) in [5, 5.41) is 8.63. The quantitative estimate of drug-likeness (QED) is 0.688.